The zero-order valence-electron chi connectivity index (χ0n) is 18.2. The maximum atomic E-state index is 12.0. The van der Waals surface area contributed by atoms with Crippen LogP contribution in [0.2, 0.25) is 0 Å². The number of nitrogens with one attached hydrogen (secondary N) is 2. The summed E-state index contributed by atoms with van der Waals surface area (Å²) in [5.41, 5.74) is 2.57. The topological polar surface area (TPSA) is 56.7 Å². The highest BCUT2D eigenvalue weighted by Crippen LogP contribution is 2.23. The molecule has 0 bridgehead atoms. The molecule has 5 heteroatoms. The van der Waals surface area contributed by atoms with Gasteiger partial charge in [-0.2, -0.15) is 0 Å². The van der Waals surface area contributed by atoms with E-state index in [4.69, 9.17) is 0 Å². The predicted molar refractivity (Wildman–Crippen MR) is 124 cm³/mol. The van der Waals surface area contributed by atoms with Crippen molar-refractivity contribution in [3.63, 3.8) is 0 Å². The van der Waals surface area contributed by atoms with Gasteiger partial charge in [0.05, 0.1) is 0 Å². The van der Waals surface area contributed by atoms with Gasteiger partial charge in [0.25, 0.3) is 0 Å². The molecular weight excluding hydrogens is 372 g/mol. The van der Waals surface area contributed by atoms with Gasteiger partial charge in [-0.15, -0.1) is 0 Å². The Morgan fingerprint density at radius 2 is 1.67 bits per heavy atom. The van der Waals surface area contributed by atoms with Gasteiger partial charge in [0.2, 0.25) is 5.91 Å². The Morgan fingerprint density at radius 1 is 1.03 bits per heavy atom. The first-order valence-electron chi connectivity index (χ1n) is 11.1. The first kappa shape index (κ1) is 21.9. The molecule has 160 valence electrons. The Morgan fingerprint density at radius 3 is 2.17 bits per heavy atom. The first-order valence-corrected chi connectivity index (χ1v) is 11.1. The molecular formula is C25H34N4O. The number of hydrogen-bond acceptors (Lipinski definition) is 2. The molecule has 1 saturated heterocycles. The zero-order chi connectivity index (χ0) is 21.2. The van der Waals surface area contributed by atoms with Crippen molar-refractivity contribution in [2.45, 2.75) is 44.6 Å². The van der Waals surface area contributed by atoms with Crippen molar-refractivity contribution in [2.24, 2.45) is 4.99 Å². The van der Waals surface area contributed by atoms with Gasteiger partial charge in [0.1, 0.15) is 0 Å². The number of likely N-dealkylation sites (tertiary alicyclic amines) is 1. The van der Waals surface area contributed by atoms with Crippen molar-refractivity contribution in [2.75, 3.05) is 26.7 Å². The fraction of sp³-hybridized carbons (Fsp3) is 0.440. The fourth-order valence-electron chi connectivity index (χ4n) is 4.21. The van der Waals surface area contributed by atoms with Crippen LogP contribution >= 0.6 is 0 Å². The van der Waals surface area contributed by atoms with E-state index in [1.54, 1.807) is 7.05 Å². The second-order valence-corrected chi connectivity index (χ2v) is 7.80. The molecule has 0 spiro atoms. The Balaban J connectivity index is 1.56. The number of aliphatic imine (C=N–C) groups is 1. The molecule has 1 atom stereocenters. The van der Waals surface area contributed by atoms with Crippen LogP contribution in [0.1, 0.15) is 49.7 Å². The molecule has 0 aromatic heterocycles. The van der Waals surface area contributed by atoms with Crippen LogP contribution in [0, 0.1) is 0 Å². The van der Waals surface area contributed by atoms with E-state index in [1.165, 1.54) is 11.1 Å². The van der Waals surface area contributed by atoms with E-state index in [-0.39, 0.29) is 5.92 Å². The van der Waals surface area contributed by atoms with Crippen LogP contribution in [0.25, 0.3) is 0 Å². The minimum absolute atomic E-state index is 0.247. The number of rotatable bonds is 9. The molecule has 2 aromatic rings. The second kappa shape index (κ2) is 11.4. The van der Waals surface area contributed by atoms with Crippen molar-refractivity contribution in [3.8, 4) is 0 Å². The summed E-state index contributed by atoms with van der Waals surface area (Å²) in [7, 11) is 1.80. The predicted octanol–water partition coefficient (Wildman–Crippen LogP) is 3.77. The van der Waals surface area contributed by atoms with Crippen LogP contribution in [-0.4, -0.2) is 49.5 Å². The lowest BCUT2D eigenvalue weighted by molar-refractivity contribution is -0.129. The highest BCUT2D eigenvalue weighted by molar-refractivity contribution is 5.80. The van der Waals surface area contributed by atoms with Gasteiger partial charge >= 0.3 is 0 Å². The van der Waals surface area contributed by atoms with Crippen LogP contribution < -0.4 is 10.6 Å². The lowest BCUT2D eigenvalue weighted by Crippen LogP contribution is -2.43. The summed E-state index contributed by atoms with van der Waals surface area (Å²) in [6, 6.07) is 21.5. The normalized spacial score (nSPS) is 15.5. The molecule has 1 heterocycles. The summed E-state index contributed by atoms with van der Waals surface area (Å²) in [5.74, 6) is 1.35. The highest BCUT2D eigenvalue weighted by atomic mass is 16.2. The summed E-state index contributed by atoms with van der Waals surface area (Å²) >= 11 is 0. The van der Waals surface area contributed by atoms with E-state index >= 15 is 0 Å². The third kappa shape index (κ3) is 5.85. The monoisotopic (exact) mass is 406 g/mol. The maximum absolute atomic E-state index is 12.0. The number of hydrogen-bond donors (Lipinski definition) is 2. The molecule has 0 aliphatic carbocycles. The second-order valence-electron chi connectivity index (χ2n) is 7.80. The SMILES string of the molecule is CCC(CCNC(=NC)NCC(c1ccccc1)c1ccccc1)N1CCCC1=O. The largest absolute Gasteiger partial charge is 0.356 e. The van der Waals surface area contributed by atoms with E-state index in [0.29, 0.717) is 18.4 Å². The summed E-state index contributed by atoms with van der Waals surface area (Å²) in [4.78, 5) is 18.5. The maximum Gasteiger partial charge on any atom is 0.222 e. The van der Waals surface area contributed by atoms with Crippen molar-refractivity contribution in [1.82, 2.24) is 15.5 Å². The van der Waals surface area contributed by atoms with Crippen molar-refractivity contribution >= 4 is 11.9 Å². The van der Waals surface area contributed by atoms with Crippen LogP contribution in [-0.2, 0) is 4.79 Å². The molecule has 3 rings (SSSR count). The van der Waals surface area contributed by atoms with Gasteiger partial charge in [0.15, 0.2) is 5.96 Å². The van der Waals surface area contributed by atoms with E-state index < -0.39 is 0 Å². The van der Waals surface area contributed by atoms with Crippen molar-refractivity contribution in [1.29, 1.82) is 0 Å². The Bertz CT molecular complexity index is 767. The van der Waals surface area contributed by atoms with Gasteiger partial charge in [-0.3, -0.25) is 9.79 Å². The van der Waals surface area contributed by atoms with Crippen LogP contribution in [0.15, 0.2) is 65.7 Å². The van der Waals surface area contributed by atoms with Crippen LogP contribution in [0.4, 0.5) is 0 Å². The van der Waals surface area contributed by atoms with E-state index in [9.17, 15) is 4.79 Å². The zero-order valence-corrected chi connectivity index (χ0v) is 18.2. The standard InChI is InChI=1S/C25H34N4O/c1-3-22(29-18-10-15-24(29)30)16-17-27-25(26-2)28-19-23(20-11-6-4-7-12-20)21-13-8-5-9-14-21/h4-9,11-14,22-23H,3,10,15-19H2,1-2H3,(H2,26,27,28). The minimum Gasteiger partial charge on any atom is -0.356 e. The molecule has 2 aromatic carbocycles. The third-order valence-corrected chi connectivity index (χ3v) is 5.89. The molecule has 1 aliphatic rings. The smallest absolute Gasteiger partial charge is 0.222 e. The molecule has 2 N–H and O–H groups in total. The number of amides is 1. The minimum atomic E-state index is 0.247. The first-order chi connectivity index (χ1) is 14.7. The number of nitrogens with zero attached hydrogens (tertiary/aromatic N) is 2. The Kier molecular flexibility index (Phi) is 8.30. The summed E-state index contributed by atoms with van der Waals surface area (Å²) < 4.78 is 0. The number of guanidine groups is 1. The van der Waals surface area contributed by atoms with Gasteiger partial charge in [-0.05, 0) is 30.4 Å². The quantitative estimate of drug-likeness (QED) is 0.492. The molecule has 5 nitrogen and oxygen atoms in total. The molecule has 1 unspecified atom stereocenters. The third-order valence-electron chi connectivity index (χ3n) is 5.89. The van der Waals surface area contributed by atoms with Gasteiger partial charge < -0.3 is 15.5 Å². The van der Waals surface area contributed by atoms with Gasteiger partial charge in [-0.25, -0.2) is 0 Å². The summed E-state index contributed by atoms with van der Waals surface area (Å²) in [5, 5.41) is 6.93. The van der Waals surface area contributed by atoms with E-state index in [2.05, 4.69) is 88.1 Å². The van der Waals surface area contributed by atoms with Gasteiger partial charge in [-0.1, -0.05) is 67.6 Å². The van der Waals surface area contributed by atoms with Crippen molar-refractivity contribution in [3.05, 3.63) is 71.8 Å². The van der Waals surface area contributed by atoms with Gasteiger partial charge in [0, 0.05) is 45.1 Å². The van der Waals surface area contributed by atoms with Crippen molar-refractivity contribution < 1.29 is 4.79 Å². The lowest BCUT2D eigenvalue weighted by Gasteiger charge is -2.27. The van der Waals surface area contributed by atoms with Crippen LogP contribution in [0.3, 0.4) is 0 Å². The lowest BCUT2D eigenvalue weighted by atomic mass is 9.91. The average Bonchev–Trinajstić information content (AvgIpc) is 3.22. The van der Waals surface area contributed by atoms with E-state index in [1.807, 2.05) is 0 Å². The highest BCUT2D eigenvalue weighted by Gasteiger charge is 2.26. The molecule has 1 amide bonds. The van der Waals surface area contributed by atoms with Crippen LogP contribution in [0.5, 0.6) is 0 Å². The molecule has 30 heavy (non-hydrogen) atoms. The number of carbonyl (C=O) groups excluding carboxylic acids is 1. The molecule has 0 radical (unpaired) electrons. The summed E-state index contributed by atoms with van der Waals surface area (Å²) in [6.45, 7) is 4.62. The Labute approximate surface area is 180 Å². The fourth-order valence-corrected chi connectivity index (χ4v) is 4.21. The summed E-state index contributed by atoms with van der Waals surface area (Å²) in [6.07, 6.45) is 3.62. The number of benzene rings is 2. The number of carbonyl (C=O) groups is 1. The molecule has 1 fully saturated rings. The Hall–Kier alpha value is -2.82. The average molecular weight is 407 g/mol. The molecule has 1 aliphatic heterocycles. The molecule has 0 saturated carbocycles. The van der Waals surface area contributed by atoms with E-state index in [0.717, 1.165) is 44.9 Å².